The Morgan fingerprint density at radius 1 is 1.00 bits per heavy atom. The summed E-state index contributed by atoms with van der Waals surface area (Å²) in [6.45, 7) is -0.193. The SMILES string of the molecule is CC(=O)[C@H](CO)CC(=O)c1nc(N)c(C(=O)N[C@@H](CO)C(=O)O)nc1N.S.S. The van der Waals surface area contributed by atoms with E-state index < -0.39 is 65.9 Å². The minimum atomic E-state index is -1.59. The van der Waals surface area contributed by atoms with Gasteiger partial charge < -0.3 is 32.1 Å². The van der Waals surface area contributed by atoms with Crippen molar-refractivity contribution in [3.63, 3.8) is 0 Å². The fraction of sp³-hybridized carbons (Fsp3) is 0.429. The first-order chi connectivity index (χ1) is 12.1. The van der Waals surface area contributed by atoms with Crippen LogP contribution >= 0.6 is 27.0 Å². The maximum atomic E-state index is 12.2. The quantitative estimate of drug-likeness (QED) is 0.228. The number of aliphatic carboxylic acids is 1. The van der Waals surface area contributed by atoms with E-state index in [0.717, 1.165) is 0 Å². The molecule has 12 nitrogen and oxygen atoms in total. The highest BCUT2D eigenvalue weighted by atomic mass is 32.1. The highest BCUT2D eigenvalue weighted by Crippen LogP contribution is 2.17. The number of carbonyl (C=O) groups excluding carboxylic acids is 3. The van der Waals surface area contributed by atoms with Crippen molar-refractivity contribution in [3.8, 4) is 0 Å². The fourth-order valence-corrected chi connectivity index (χ4v) is 1.90. The summed E-state index contributed by atoms with van der Waals surface area (Å²) < 4.78 is 0. The first-order valence-corrected chi connectivity index (χ1v) is 7.34. The number of carboxylic acids is 1. The number of nitrogens with two attached hydrogens (primary N) is 2. The molecule has 1 amide bonds. The molecule has 28 heavy (non-hydrogen) atoms. The Balaban J connectivity index is 0. The van der Waals surface area contributed by atoms with Crippen molar-refractivity contribution in [1.82, 2.24) is 15.3 Å². The standard InChI is InChI=1S/C14H19N5O7.2H2S/c1-5(22)6(3-20)2-8(23)9-11(15)19-10(12(16)18-9)13(24)17-7(4-21)14(25)26;;/h6-7,20-21H,2-4H2,1H3,(H2,15,19)(H2,16,18)(H,17,24)(H,25,26);2*1H2/t6-,7-;;/m0../s1. The Hall–Kier alpha value is -2.42. The summed E-state index contributed by atoms with van der Waals surface area (Å²) in [5.41, 5.74) is 10.3. The van der Waals surface area contributed by atoms with Gasteiger partial charge in [0.15, 0.2) is 34.8 Å². The lowest BCUT2D eigenvalue weighted by Crippen LogP contribution is -2.44. The molecule has 0 saturated carbocycles. The molecule has 0 bridgehead atoms. The van der Waals surface area contributed by atoms with E-state index >= 15 is 0 Å². The highest BCUT2D eigenvalue weighted by molar-refractivity contribution is 7.59. The molecule has 2 atom stereocenters. The van der Waals surface area contributed by atoms with Crippen LogP contribution in [0.1, 0.15) is 34.3 Å². The topological polar surface area (TPSA) is 219 Å². The van der Waals surface area contributed by atoms with Crippen LogP contribution in [0.5, 0.6) is 0 Å². The van der Waals surface area contributed by atoms with E-state index in [4.69, 9.17) is 26.8 Å². The second kappa shape index (κ2) is 12.1. The summed E-state index contributed by atoms with van der Waals surface area (Å²) in [7, 11) is 0. The Labute approximate surface area is 173 Å². The van der Waals surface area contributed by atoms with Gasteiger partial charge in [0.25, 0.3) is 5.91 Å². The first-order valence-electron chi connectivity index (χ1n) is 7.34. The number of hydrogen-bond acceptors (Lipinski definition) is 10. The monoisotopic (exact) mass is 437 g/mol. The number of hydrogen-bond donors (Lipinski definition) is 6. The van der Waals surface area contributed by atoms with Gasteiger partial charge in [-0.2, -0.15) is 27.0 Å². The maximum Gasteiger partial charge on any atom is 0.328 e. The van der Waals surface area contributed by atoms with Crippen LogP contribution in [0, 0.1) is 5.92 Å². The van der Waals surface area contributed by atoms with Crippen LogP contribution in [0.15, 0.2) is 0 Å². The van der Waals surface area contributed by atoms with Crippen molar-refractivity contribution in [2.45, 2.75) is 19.4 Å². The van der Waals surface area contributed by atoms with Gasteiger partial charge in [-0.25, -0.2) is 14.8 Å². The molecule has 1 aromatic rings. The molecule has 0 aromatic carbocycles. The second-order valence-corrected chi connectivity index (χ2v) is 5.36. The third kappa shape index (κ3) is 6.95. The van der Waals surface area contributed by atoms with Crippen molar-refractivity contribution in [3.05, 3.63) is 11.4 Å². The van der Waals surface area contributed by atoms with Crippen molar-refractivity contribution in [2.75, 3.05) is 24.7 Å². The molecule has 14 heteroatoms. The van der Waals surface area contributed by atoms with Gasteiger partial charge in [0.1, 0.15) is 5.78 Å². The van der Waals surface area contributed by atoms with E-state index in [0.29, 0.717) is 0 Å². The number of aliphatic hydroxyl groups excluding tert-OH is 2. The Morgan fingerprint density at radius 2 is 1.50 bits per heavy atom. The number of anilines is 2. The number of nitrogen functional groups attached to an aromatic ring is 2. The zero-order valence-corrected chi connectivity index (χ0v) is 16.8. The van der Waals surface area contributed by atoms with Gasteiger partial charge in [-0.3, -0.25) is 14.4 Å². The van der Waals surface area contributed by atoms with Crippen LogP contribution < -0.4 is 16.8 Å². The molecular formula is C14H23N5O7S2. The lowest BCUT2D eigenvalue weighted by molar-refractivity contribution is -0.140. The summed E-state index contributed by atoms with van der Waals surface area (Å²) in [5.74, 6) is -5.53. The minimum absolute atomic E-state index is 0. The summed E-state index contributed by atoms with van der Waals surface area (Å²) in [6.07, 6.45) is -0.374. The minimum Gasteiger partial charge on any atom is -0.480 e. The van der Waals surface area contributed by atoms with E-state index in [1.165, 1.54) is 6.92 Å². The Morgan fingerprint density at radius 3 is 1.93 bits per heavy atom. The van der Waals surface area contributed by atoms with Gasteiger partial charge in [0, 0.05) is 12.3 Å². The number of carbonyl (C=O) groups is 4. The van der Waals surface area contributed by atoms with Crippen LogP contribution in [0.2, 0.25) is 0 Å². The molecule has 1 aromatic heterocycles. The maximum absolute atomic E-state index is 12.2. The molecule has 0 aliphatic heterocycles. The lowest BCUT2D eigenvalue weighted by Gasteiger charge is -2.14. The average Bonchev–Trinajstić information content (AvgIpc) is 2.57. The summed E-state index contributed by atoms with van der Waals surface area (Å²) >= 11 is 0. The smallest absolute Gasteiger partial charge is 0.328 e. The van der Waals surface area contributed by atoms with E-state index in [1.54, 1.807) is 0 Å². The summed E-state index contributed by atoms with van der Waals surface area (Å²) in [4.78, 5) is 53.6. The molecule has 8 N–H and O–H groups in total. The molecule has 0 aliphatic rings. The summed E-state index contributed by atoms with van der Waals surface area (Å²) in [5, 5.41) is 28.8. The zero-order chi connectivity index (χ0) is 20.0. The predicted molar refractivity (Wildman–Crippen MR) is 108 cm³/mol. The summed E-state index contributed by atoms with van der Waals surface area (Å²) in [6, 6.07) is -1.59. The number of ketones is 2. The average molecular weight is 438 g/mol. The normalized spacial score (nSPS) is 12.0. The third-order valence-electron chi connectivity index (χ3n) is 3.44. The molecule has 0 spiro atoms. The van der Waals surface area contributed by atoms with Gasteiger partial charge >= 0.3 is 5.97 Å². The number of carboxylic acid groups (broad SMARTS) is 1. The fourth-order valence-electron chi connectivity index (χ4n) is 1.90. The highest BCUT2D eigenvalue weighted by Gasteiger charge is 2.26. The van der Waals surface area contributed by atoms with Gasteiger partial charge in [-0.1, -0.05) is 0 Å². The number of nitrogens with one attached hydrogen (secondary N) is 1. The van der Waals surface area contributed by atoms with E-state index in [-0.39, 0.29) is 39.1 Å². The van der Waals surface area contributed by atoms with Gasteiger partial charge in [0.2, 0.25) is 0 Å². The van der Waals surface area contributed by atoms with Crippen LogP contribution in [0.4, 0.5) is 11.6 Å². The molecule has 0 unspecified atom stereocenters. The number of aliphatic hydroxyl groups is 2. The second-order valence-electron chi connectivity index (χ2n) is 5.36. The van der Waals surface area contributed by atoms with Crippen LogP contribution in [0.3, 0.4) is 0 Å². The Bertz CT molecular complexity index is 685. The number of nitrogens with zero attached hydrogens (tertiary/aromatic N) is 2. The molecule has 0 fully saturated rings. The van der Waals surface area contributed by atoms with E-state index in [2.05, 4.69) is 9.97 Å². The van der Waals surface area contributed by atoms with Crippen molar-refractivity contribution in [1.29, 1.82) is 0 Å². The molecule has 0 saturated heterocycles. The number of Topliss-reactive ketones (excluding diaryl/α,β-unsaturated/α-hetero) is 2. The van der Waals surface area contributed by atoms with Crippen molar-refractivity contribution >= 4 is 62.1 Å². The van der Waals surface area contributed by atoms with Crippen molar-refractivity contribution < 1.29 is 34.5 Å². The largest absolute Gasteiger partial charge is 0.480 e. The predicted octanol–water partition coefficient (Wildman–Crippen LogP) is -2.19. The molecule has 0 aliphatic carbocycles. The molecular weight excluding hydrogens is 414 g/mol. The van der Waals surface area contributed by atoms with Gasteiger partial charge in [-0.05, 0) is 6.92 Å². The van der Waals surface area contributed by atoms with Crippen LogP contribution in [0.25, 0.3) is 0 Å². The van der Waals surface area contributed by atoms with Crippen molar-refractivity contribution in [2.24, 2.45) is 5.92 Å². The Kier molecular flexibility index (Phi) is 12.0. The molecule has 1 heterocycles. The zero-order valence-electron chi connectivity index (χ0n) is 14.8. The first kappa shape index (κ1) is 27.8. The van der Waals surface area contributed by atoms with E-state index in [1.807, 2.05) is 5.32 Å². The van der Waals surface area contributed by atoms with Crippen LogP contribution in [-0.4, -0.2) is 68.0 Å². The molecule has 0 radical (unpaired) electrons. The number of aromatic nitrogens is 2. The lowest BCUT2D eigenvalue weighted by atomic mass is 9.98. The molecule has 158 valence electrons. The van der Waals surface area contributed by atoms with Gasteiger partial charge in [0.05, 0.1) is 13.2 Å². The molecule has 1 rings (SSSR count). The van der Waals surface area contributed by atoms with E-state index in [9.17, 15) is 19.2 Å². The van der Waals surface area contributed by atoms with Crippen LogP contribution in [-0.2, 0) is 9.59 Å². The van der Waals surface area contributed by atoms with Gasteiger partial charge in [-0.15, -0.1) is 0 Å². The number of rotatable bonds is 9. The third-order valence-corrected chi connectivity index (χ3v) is 3.44. The number of amides is 1.